The number of carbonyl (C=O) groups excluding carboxylic acids is 1. The van der Waals surface area contributed by atoms with Gasteiger partial charge < -0.3 is 9.47 Å². The summed E-state index contributed by atoms with van der Waals surface area (Å²) in [6, 6.07) is 10.9. The molecule has 0 bridgehead atoms. The van der Waals surface area contributed by atoms with Gasteiger partial charge in [0.25, 0.3) is 5.91 Å². The average molecular weight is 501 g/mol. The first kappa shape index (κ1) is 22.1. The minimum absolute atomic E-state index is 0.170. The van der Waals surface area contributed by atoms with Gasteiger partial charge in [-0.25, -0.2) is 5.43 Å². The molecule has 1 aliphatic rings. The number of hydrogen-bond donors (Lipinski definition) is 1. The quantitative estimate of drug-likeness (QED) is 0.459. The van der Waals surface area contributed by atoms with Crippen LogP contribution in [0.4, 0.5) is 0 Å². The van der Waals surface area contributed by atoms with Gasteiger partial charge in [0.2, 0.25) is 0 Å². The highest BCUT2D eigenvalue weighted by molar-refractivity contribution is 9.10. The topological polar surface area (TPSA) is 63.2 Å². The molecule has 6 nitrogen and oxygen atoms in total. The Morgan fingerprint density at radius 2 is 2.00 bits per heavy atom. The largest absolute Gasteiger partial charge is 0.488 e. The zero-order valence-corrected chi connectivity index (χ0v) is 18.6. The third-order valence-corrected chi connectivity index (χ3v) is 5.45. The van der Waals surface area contributed by atoms with Gasteiger partial charge in [-0.15, -0.1) is 0 Å². The zero-order chi connectivity index (χ0) is 20.6. The number of hydrazone groups is 1. The van der Waals surface area contributed by atoms with Crippen LogP contribution in [0.25, 0.3) is 0 Å². The molecule has 0 saturated carbocycles. The SMILES string of the molecule is O=C(CN1CCOCC1)N/N=C\c1cc(Br)ccc1OCc1ccc(Cl)c(Cl)c1. The molecule has 0 spiro atoms. The number of ether oxygens (including phenoxy) is 2. The highest BCUT2D eigenvalue weighted by atomic mass is 79.9. The van der Waals surface area contributed by atoms with Crippen LogP contribution < -0.4 is 10.2 Å². The number of rotatable bonds is 7. The van der Waals surface area contributed by atoms with E-state index in [2.05, 4.69) is 26.5 Å². The lowest BCUT2D eigenvalue weighted by molar-refractivity contribution is -0.123. The number of benzene rings is 2. The van der Waals surface area contributed by atoms with Crippen LogP contribution in [-0.2, 0) is 16.1 Å². The van der Waals surface area contributed by atoms with E-state index in [-0.39, 0.29) is 5.91 Å². The van der Waals surface area contributed by atoms with E-state index in [0.717, 1.165) is 28.7 Å². The molecule has 154 valence electrons. The maximum absolute atomic E-state index is 12.1. The highest BCUT2D eigenvalue weighted by Gasteiger charge is 2.13. The standard InChI is InChI=1S/C20H20BrCl2N3O3/c21-16-2-4-19(29-13-14-1-3-17(22)18(23)9-14)15(10-16)11-24-25-20(27)12-26-5-7-28-8-6-26/h1-4,9-11H,5-8,12-13H2,(H,25,27)/b24-11-. The fourth-order valence-corrected chi connectivity index (χ4v) is 3.41. The first-order valence-corrected chi connectivity index (χ1v) is 10.5. The number of carbonyl (C=O) groups is 1. The molecule has 0 aliphatic carbocycles. The van der Waals surface area contributed by atoms with Crippen molar-refractivity contribution in [3.05, 3.63) is 62.0 Å². The van der Waals surface area contributed by atoms with Gasteiger partial charge in [-0.05, 0) is 35.9 Å². The van der Waals surface area contributed by atoms with Crippen LogP contribution in [0.1, 0.15) is 11.1 Å². The van der Waals surface area contributed by atoms with Crippen LogP contribution in [0.3, 0.4) is 0 Å². The van der Waals surface area contributed by atoms with E-state index in [4.69, 9.17) is 32.7 Å². The van der Waals surface area contributed by atoms with E-state index < -0.39 is 0 Å². The molecular weight excluding hydrogens is 481 g/mol. The molecule has 0 radical (unpaired) electrons. The Balaban J connectivity index is 1.59. The molecule has 1 N–H and O–H groups in total. The normalized spacial score (nSPS) is 14.9. The molecule has 29 heavy (non-hydrogen) atoms. The lowest BCUT2D eigenvalue weighted by atomic mass is 10.2. The number of halogens is 3. The highest BCUT2D eigenvalue weighted by Crippen LogP contribution is 2.25. The molecule has 1 saturated heterocycles. The Labute approximate surface area is 187 Å². The number of amides is 1. The van der Waals surface area contributed by atoms with Gasteiger partial charge in [-0.2, -0.15) is 5.10 Å². The second-order valence-corrected chi connectivity index (χ2v) is 8.13. The van der Waals surface area contributed by atoms with E-state index in [1.165, 1.54) is 0 Å². The molecule has 1 fully saturated rings. The van der Waals surface area contributed by atoms with Crippen LogP contribution in [0, 0.1) is 0 Å². The van der Waals surface area contributed by atoms with Crippen molar-refractivity contribution in [2.75, 3.05) is 32.8 Å². The summed E-state index contributed by atoms with van der Waals surface area (Å²) in [7, 11) is 0. The summed E-state index contributed by atoms with van der Waals surface area (Å²) in [5.41, 5.74) is 4.18. The van der Waals surface area contributed by atoms with E-state index in [0.29, 0.717) is 42.2 Å². The molecule has 2 aromatic rings. The van der Waals surface area contributed by atoms with Gasteiger partial charge in [0.15, 0.2) is 0 Å². The summed E-state index contributed by atoms with van der Waals surface area (Å²) < 4.78 is 12.1. The average Bonchev–Trinajstić information content (AvgIpc) is 2.70. The van der Waals surface area contributed by atoms with Crippen LogP contribution in [0.2, 0.25) is 10.0 Å². The molecule has 0 atom stereocenters. The lowest BCUT2D eigenvalue weighted by Gasteiger charge is -2.25. The smallest absolute Gasteiger partial charge is 0.254 e. The van der Waals surface area contributed by atoms with Gasteiger partial charge in [0.05, 0.1) is 36.0 Å². The summed E-state index contributed by atoms with van der Waals surface area (Å²) in [4.78, 5) is 14.1. The van der Waals surface area contributed by atoms with Crippen molar-refractivity contribution in [2.45, 2.75) is 6.61 Å². The Kier molecular flexibility index (Phi) is 8.32. The summed E-state index contributed by atoms with van der Waals surface area (Å²) in [6.45, 7) is 3.40. The molecule has 1 heterocycles. The van der Waals surface area contributed by atoms with Crippen LogP contribution in [-0.4, -0.2) is 49.9 Å². The Morgan fingerprint density at radius 3 is 2.76 bits per heavy atom. The number of morpholine rings is 1. The van der Waals surface area contributed by atoms with Crippen molar-refractivity contribution in [1.82, 2.24) is 10.3 Å². The Bertz CT molecular complexity index is 889. The Hall–Kier alpha value is -1.64. The van der Waals surface area contributed by atoms with Crippen molar-refractivity contribution < 1.29 is 14.3 Å². The predicted molar refractivity (Wildman–Crippen MR) is 118 cm³/mol. The monoisotopic (exact) mass is 499 g/mol. The van der Waals surface area contributed by atoms with Crippen molar-refractivity contribution in [1.29, 1.82) is 0 Å². The third kappa shape index (κ3) is 6.97. The second-order valence-electron chi connectivity index (χ2n) is 6.40. The summed E-state index contributed by atoms with van der Waals surface area (Å²) in [6.07, 6.45) is 1.56. The maximum atomic E-state index is 12.1. The molecule has 2 aromatic carbocycles. The fourth-order valence-electron chi connectivity index (χ4n) is 2.71. The minimum Gasteiger partial charge on any atom is -0.488 e. The van der Waals surface area contributed by atoms with Gasteiger partial charge >= 0.3 is 0 Å². The second kappa shape index (κ2) is 10.9. The van der Waals surface area contributed by atoms with Crippen molar-refractivity contribution >= 4 is 51.3 Å². The first-order chi connectivity index (χ1) is 14.0. The van der Waals surface area contributed by atoms with E-state index in [1.54, 1.807) is 18.3 Å². The molecule has 1 amide bonds. The predicted octanol–water partition coefficient (Wildman–Crippen LogP) is 4.12. The molecule has 1 aliphatic heterocycles. The molecule has 3 rings (SSSR count). The Morgan fingerprint density at radius 1 is 1.21 bits per heavy atom. The summed E-state index contributed by atoms with van der Waals surface area (Å²) >= 11 is 15.4. The third-order valence-electron chi connectivity index (χ3n) is 4.21. The number of hydrogen-bond acceptors (Lipinski definition) is 5. The van der Waals surface area contributed by atoms with Gasteiger partial charge in [0.1, 0.15) is 12.4 Å². The van der Waals surface area contributed by atoms with Crippen molar-refractivity contribution in [2.24, 2.45) is 5.10 Å². The minimum atomic E-state index is -0.170. The van der Waals surface area contributed by atoms with Gasteiger partial charge in [0, 0.05) is 23.1 Å². The number of nitrogens with zero attached hydrogens (tertiary/aromatic N) is 2. The lowest BCUT2D eigenvalue weighted by Crippen LogP contribution is -2.42. The molecule has 0 aromatic heterocycles. The molecular formula is C20H20BrCl2N3O3. The summed E-state index contributed by atoms with van der Waals surface area (Å²) in [5, 5.41) is 5.05. The van der Waals surface area contributed by atoms with Gasteiger partial charge in [-0.3, -0.25) is 9.69 Å². The summed E-state index contributed by atoms with van der Waals surface area (Å²) in [5.74, 6) is 0.460. The van der Waals surface area contributed by atoms with E-state index in [1.807, 2.05) is 29.2 Å². The number of nitrogens with one attached hydrogen (secondary N) is 1. The van der Waals surface area contributed by atoms with E-state index in [9.17, 15) is 4.79 Å². The first-order valence-electron chi connectivity index (χ1n) is 8.99. The van der Waals surface area contributed by atoms with Gasteiger partial charge in [-0.1, -0.05) is 45.2 Å². The van der Waals surface area contributed by atoms with E-state index >= 15 is 0 Å². The van der Waals surface area contributed by atoms with Crippen molar-refractivity contribution in [3.63, 3.8) is 0 Å². The fraction of sp³-hybridized carbons (Fsp3) is 0.300. The van der Waals surface area contributed by atoms with Crippen LogP contribution in [0.5, 0.6) is 5.75 Å². The van der Waals surface area contributed by atoms with Crippen molar-refractivity contribution in [3.8, 4) is 5.75 Å². The molecule has 0 unspecified atom stereocenters. The van der Waals surface area contributed by atoms with Crippen LogP contribution in [0.15, 0.2) is 46.0 Å². The maximum Gasteiger partial charge on any atom is 0.254 e. The van der Waals surface area contributed by atoms with Crippen LogP contribution >= 0.6 is 39.1 Å². The zero-order valence-electron chi connectivity index (χ0n) is 15.5. The molecule has 9 heteroatoms.